The first-order valence-corrected chi connectivity index (χ1v) is 15.9. The normalized spacial score (nSPS) is 12.9. The van der Waals surface area contributed by atoms with Crippen molar-refractivity contribution in [2.45, 2.75) is 0 Å². The van der Waals surface area contributed by atoms with Gasteiger partial charge in [0.05, 0.1) is 22.1 Å². The SMILES string of the molecule is c1ccc2c(c1)B1c3ccc(-c4ccc(-n5c6ccccc6c6ccccc65)cc4)cc3Oc3ccc4c5ccccc5n-2c4c31. The van der Waals surface area contributed by atoms with E-state index in [9.17, 15) is 0 Å². The lowest BCUT2D eigenvalue weighted by atomic mass is 9.34. The molecule has 2 aliphatic heterocycles. The highest BCUT2D eigenvalue weighted by molar-refractivity contribution is 6.99. The number of para-hydroxylation sites is 4. The first kappa shape index (κ1) is 24.3. The predicted octanol–water partition coefficient (Wildman–Crippen LogP) is 8.48. The molecular formula is C42H25BN2O. The summed E-state index contributed by atoms with van der Waals surface area (Å²) in [5.41, 5.74) is 13.5. The Hall–Kier alpha value is -6.00. The van der Waals surface area contributed by atoms with E-state index < -0.39 is 0 Å². The monoisotopic (exact) mass is 584 g/mol. The lowest BCUT2D eigenvalue weighted by Crippen LogP contribution is -2.58. The van der Waals surface area contributed by atoms with Crippen molar-refractivity contribution in [1.82, 2.24) is 9.13 Å². The van der Waals surface area contributed by atoms with Crippen LogP contribution in [0.15, 0.2) is 152 Å². The van der Waals surface area contributed by atoms with Crippen molar-refractivity contribution < 1.29 is 4.74 Å². The zero-order valence-electron chi connectivity index (χ0n) is 24.8. The number of ether oxygens (including phenoxy) is 1. The highest BCUT2D eigenvalue weighted by atomic mass is 16.5. The fourth-order valence-electron chi connectivity index (χ4n) is 8.26. The van der Waals surface area contributed by atoms with Crippen LogP contribution in [0.3, 0.4) is 0 Å². The zero-order valence-corrected chi connectivity index (χ0v) is 24.8. The summed E-state index contributed by atoms with van der Waals surface area (Å²) < 4.78 is 11.6. The lowest BCUT2D eigenvalue weighted by molar-refractivity contribution is 0.488. The molecule has 9 aromatic rings. The van der Waals surface area contributed by atoms with Gasteiger partial charge < -0.3 is 13.9 Å². The van der Waals surface area contributed by atoms with Gasteiger partial charge in [0, 0.05) is 32.9 Å². The highest BCUT2D eigenvalue weighted by Gasteiger charge is 2.40. The number of benzene rings is 7. The summed E-state index contributed by atoms with van der Waals surface area (Å²) in [6, 6.07) is 55.0. The van der Waals surface area contributed by atoms with E-state index in [4.69, 9.17) is 4.74 Å². The molecule has 46 heavy (non-hydrogen) atoms. The van der Waals surface area contributed by atoms with E-state index in [1.807, 2.05) is 0 Å². The molecule has 212 valence electrons. The summed E-state index contributed by atoms with van der Waals surface area (Å²) in [7, 11) is 0. The minimum Gasteiger partial charge on any atom is -0.458 e. The van der Waals surface area contributed by atoms with E-state index >= 15 is 0 Å². The number of hydrogen-bond acceptors (Lipinski definition) is 1. The van der Waals surface area contributed by atoms with Gasteiger partial charge in [0.25, 0.3) is 6.71 Å². The van der Waals surface area contributed by atoms with Gasteiger partial charge in [-0.3, -0.25) is 0 Å². The standard InChI is InChI=1S/C42H25BN2O/c1-5-13-35-29(9-1)30-10-2-6-14-36(30)44(35)28-20-17-26(18-21-28)27-19-23-34-40(25-27)46-39-24-22-32-31-11-3-7-15-37(31)45-38-16-8-4-12-33(38)43(34)41(39)42(32)45/h1-25H. The van der Waals surface area contributed by atoms with Gasteiger partial charge in [-0.2, -0.15) is 0 Å². The molecule has 0 atom stereocenters. The quantitative estimate of drug-likeness (QED) is 0.187. The third-order valence-electron chi connectivity index (χ3n) is 10.2. The second-order valence-corrected chi connectivity index (χ2v) is 12.5. The molecule has 0 saturated heterocycles. The second-order valence-electron chi connectivity index (χ2n) is 12.5. The summed E-state index contributed by atoms with van der Waals surface area (Å²) in [5, 5.41) is 5.11. The first-order valence-electron chi connectivity index (χ1n) is 15.9. The van der Waals surface area contributed by atoms with Crippen LogP contribution in [0, 0.1) is 0 Å². The van der Waals surface area contributed by atoms with Crippen LogP contribution in [0.4, 0.5) is 0 Å². The number of hydrogen-bond donors (Lipinski definition) is 0. The minimum atomic E-state index is 0.113. The summed E-state index contributed by atoms with van der Waals surface area (Å²) in [5.74, 6) is 1.88. The van der Waals surface area contributed by atoms with Gasteiger partial charge in [0.1, 0.15) is 11.5 Å². The Kier molecular flexibility index (Phi) is 4.66. The van der Waals surface area contributed by atoms with Gasteiger partial charge in [-0.1, -0.05) is 97.1 Å². The molecule has 4 heterocycles. The smallest absolute Gasteiger partial charge is 0.256 e. The Morgan fingerprint density at radius 3 is 1.78 bits per heavy atom. The molecule has 0 unspecified atom stereocenters. The number of aromatic nitrogens is 2. The molecule has 0 bridgehead atoms. The molecule has 2 aliphatic rings. The van der Waals surface area contributed by atoms with Crippen LogP contribution in [0.1, 0.15) is 0 Å². The molecule has 0 fully saturated rings. The number of rotatable bonds is 2. The van der Waals surface area contributed by atoms with E-state index in [0.717, 1.165) is 22.7 Å². The molecule has 3 nitrogen and oxygen atoms in total. The van der Waals surface area contributed by atoms with Gasteiger partial charge in [-0.15, -0.1) is 0 Å². The van der Waals surface area contributed by atoms with Crippen LogP contribution in [-0.2, 0) is 0 Å². The Morgan fingerprint density at radius 2 is 1.04 bits per heavy atom. The zero-order chi connectivity index (χ0) is 29.9. The van der Waals surface area contributed by atoms with Crippen LogP contribution >= 0.6 is 0 Å². The maximum Gasteiger partial charge on any atom is 0.256 e. The summed E-state index contributed by atoms with van der Waals surface area (Å²) >= 11 is 0. The van der Waals surface area contributed by atoms with Crippen LogP contribution in [0.5, 0.6) is 11.5 Å². The van der Waals surface area contributed by atoms with Crippen LogP contribution in [0.25, 0.3) is 66.1 Å². The molecular weight excluding hydrogens is 559 g/mol. The van der Waals surface area contributed by atoms with Crippen molar-refractivity contribution in [3.63, 3.8) is 0 Å². The summed E-state index contributed by atoms with van der Waals surface area (Å²) in [6.07, 6.45) is 0. The molecule has 0 amide bonds. The summed E-state index contributed by atoms with van der Waals surface area (Å²) in [4.78, 5) is 0. The van der Waals surface area contributed by atoms with Crippen molar-refractivity contribution >= 4 is 66.7 Å². The van der Waals surface area contributed by atoms with Gasteiger partial charge in [-0.25, -0.2) is 0 Å². The van der Waals surface area contributed by atoms with E-state index in [2.05, 4.69) is 161 Å². The van der Waals surface area contributed by atoms with Gasteiger partial charge >= 0.3 is 0 Å². The van der Waals surface area contributed by atoms with E-state index in [1.165, 1.54) is 71.3 Å². The third-order valence-corrected chi connectivity index (χ3v) is 10.2. The number of nitrogens with zero attached hydrogens (tertiary/aromatic N) is 2. The van der Waals surface area contributed by atoms with Crippen LogP contribution in [-0.4, -0.2) is 15.8 Å². The fraction of sp³-hybridized carbons (Fsp3) is 0. The van der Waals surface area contributed by atoms with Gasteiger partial charge in [0.2, 0.25) is 0 Å². The maximum absolute atomic E-state index is 6.78. The molecule has 7 aromatic carbocycles. The molecule has 0 N–H and O–H groups in total. The fourth-order valence-corrected chi connectivity index (χ4v) is 8.26. The number of fused-ring (bicyclic) bond motifs is 11. The summed E-state index contributed by atoms with van der Waals surface area (Å²) in [6.45, 7) is 0.113. The third kappa shape index (κ3) is 3.08. The maximum atomic E-state index is 6.78. The average molecular weight is 584 g/mol. The lowest BCUT2D eigenvalue weighted by Gasteiger charge is -2.33. The van der Waals surface area contributed by atoms with Crippen molar-refractivity contribution in [1.29, 1.82) is 0 Å². The largest absolute Gasteiger partial charge is 0.458 e. The molecule has 0 spiro atoms. The van der Waals surface area contributed by atoms with Crippen molar-refractivity contribution in [3.8, 4) is 34.0 Å². The Balaban J connectivity index is 1.05. The van der Waals surface area contributed by atoms with E-state index in [-0.39, 0.29) is 6.71 Å². The van der Waals surface area contributed by atoms with Crippen molar-refractivity contribution in [2.75, 3.05) is 0 Å². The molecule has 0 saturated carbocycles. The van der Waals surface area contributed by atoms with E-state index in [1.54, 1.807) is 0 Å². The molecule has 0 aliphatic carbocycles. The first-order chi connectivity index (χ1) is 22.8. The Labute approximate surface area is 265 Å². The average Bonchev–Trinajstić information content (AvgIpc) is 3.64. The Bertz CT molecular complexity index is 2680. The van der Waals surface area contributed by atoms with Crippen LogP contribution in [0.2, 0.25) is 0 Å². The topological polar surface area (TPSA) is 19.1 Å². The second kappa shape index (κ2) is 8.80. The molecule has 0 radical (unpaired) electrons. The predicted molar refractivity (Wildman–Crippen MR) is 192 cm³/mol. The molecule has 4 heteroatoms. The van der Waals surface area contributed by atoms with Crippen molar-refractivity contribution in [3.05, 3.63) is 152 Å². The molecule has 11 rings (SSSR count). The Morgan fingerprint density at radius 1 is 0.435 bits per heavy atom. The van der Waals surface area contributed by atoms with Crippen molar-refractivity contribution in [2.24, 2.45) is 0 Å². The van der Waals surface area contributed by atoms with Crippen LogP contribution < -0.4 is 21.1 Å². The van der Waals surface area contributed by atoms with Gasteiger partial charge in [0.15, 0.2) is 0 Å². The minimum absolute atomic E-state index is 0.113. The van der Waals surface area contributed by atoms with E-state index in [0.29, 0.717) is 0 Å². The highest BCUT2D eigenvalue weighted by Crippen LogP contribution is 2.39. The molecule has 2 aromatic heterocycles. The van der Waals surface area contributed by atoms with Gasteiger partial charge in [-0.05, 0) is 82.1 Å².